The van der Waals surface area contributed by atoms with Crippen molar-refractivity contribution in [1.82, 2.24) is 14.5 Å². The van der Waals surface area contributed by atoms with Crippen LogP contribution in [0.4, 0.5) is 11.4 Å². The first-order chi connectivity index (χ1) is 10.2. The molecule has 1 amide bonds. The van der Waals surface area contributed by atoms with Crippen LogP contribution in [-0.2, 0) is 0 Å². The summed E-state index contributed by atoms with van der Waals surface area (Å²) < 4.78 is 1.86. The number of imidazole rings is 1. The molecule has 3 rings (SSSR count). The number of aromatic nitrogens is 3. The van der Waals surface area contributed by atoms with E-state index in [1.54, 1.807) is 24.7 Å². The first-order valence-corrected chi connectivity index (χ1v) is 6.34. The van der Waals surface area contributed by atoms with E-state index in [4.69, 9.17) is 5.73 Å². The fraction of sp³-hybridized carbons (Fsp3) is 0. The second-order valence-electron chi connectivity index (χ2n) is 4.45. The van der Waals surface area contributed by atoms with Gasteiger partial charge in [-0.25, -0.2) is 9.97 Å². The predicted molar refractivity (Wildman–Crippen MR) is 80.2 cm³/mol. The Hall–Kier alpha value is -3.15. The van der Waals surface area contributed by atoms with Crippen LogP contribution in [0.15, 0.2) is 61.3 Å². The third-order valence-corrected chi connectivity index (χ3v) is 2.93. The lowest BCUT2D eigenvalue weighted by atomic mass is 10.2. The number of pyridine rings is 1. The van der Waals surface area contributed by atoms with E-state index in [2.05, 4.69) is 15.3 Å². The molecule has 6 nitrogen and oxygen atoms in total. The molecule has 0 unspecified atom stereocenters. The number of nitrogens with one attached hydrogen (secondary N) is 1. The minimum Gasteiger partial charge on any atom is -0.397 e. The first kappa shape index (κ1) is 12.9. The highest BCUT2D eigenvalue weighted by Crippen LogP contribution is 2.15. The molecule has 0 saturated heterocycles. The van der Waals surface area contributed by atoms with E-state index >= 15 is 0 Å². The van der Waals surface area contributed by atoms with Crippen LogP contribution in [-0.4, -0.2) is 20.4 Å². The fourth-order valence-electron chi connectivity index (χ4n) is 1.89. The van der Waals surface area contributed by atoms with Crippen molar-refractivity contribution in [2.45, 2.75) is 0 Å². The van der Waals surface area contributed by atoms with Crippen molar-refractivity contribution in [2.75, 3.05) is 11.1 Å². The highest BCUT2D eigenvalue weighted by Gasteiger charge is 2.07. The van der Waals surface area contributed by atoms with E-state index in [0.29, 0.717) is 17.1 Å². The molecule has 0 fully saturated rings. The maximum absolute atomic E-state index is 12.1. The Balaban J connectivity index is 1.80. The van der Waals surface area contributed by atoms with Crippen LogP contribution in [0.5, 0.6) is 0 Å². The molecule has 2 aromatic heterocycles. The summed E-state index contributed by atoms with van der Waals surface area (Å²) in [6.07, 6.45) is 6.69. The number of benzene rings is 1. The van der Waals surface area contributed by atoms with Crippen molar-refractivity contribution in [3.05, 3.63) is 67.0 Å². The van der Waals surface area contributed by atoms with Gasteiger partial charge in [-0.1, -0.05) is 6.07 Å². The van der Waals surface area contributed by atoms with Crippen LogP contribution < -0.4 is 11.1 Å². The van der Waals surface area contributed by atoms with Crippen LogP contribution in [0.2, 0.25) is 0 Å². The summed E-state index contributed by atoms with van der Waals surface area (Å²) >= 11 is 0. The fourth-order valence-corrected chi connectivity index (χ4v) is 1.89. The number of nitrogens with two attached hydrogens (primary N) is 1. The second-order valence-corrected chi connectivity index (χ2v) is 4.45. The Kier molecular flexibility index (Phi) is 3.34. The van der Waals surface area contributed by atoms with E-state index < -0.39 is 0 Å². The van der Waals surface area contributed by atoms with Gasteiger partial charge in [-0.2, -0.15) is 0 Å². The number of hydrogen-bond acceptors (Lipinski definition) is 4. The largest absolute Gasteiger partial charge is 0.397 e. The van der Waals surface area contributed by atoms with Gasteiger partial charge in [-0.15, -0.1) is 0 Å². The second kappa shape index (κ2) is 5.46. The molecule has 2 heterocycles. The van der Waals surface area contributed by atoms with Gasteiger partial charge in [0.1, 0.15) is 5.69 Å². The van der Waals surface area contributed by atoms with Gasteiger partial charge in [-0.05, 0) is 30.3 Å². The molecule has 21 heavy (non-hydrogen) atoms. The summed E-state index contributed by atoms with van der Waals surface area (Å²) in [4.78, 5) is 20.1. The van der Waals surface area contributed by atoms with Crippen molar-refractivity contribution in [2.24, 2.45) is 0 Å². The monoisotopic (exact) mass is 279 g/mol. The average molecular weight is 279 g/mol. The van der Waals surface area contributed by atoms with Gasteiger partial charge in [0.2, 0.25) is 0 Å². The molecule has 104 valence electrons. The molecule has 0 saturated carbocycles. The molecule has 0 aliphatic rings. The van der Waals surface area contributed by atoms with E-state index in [-0.39, 0.29) is 5.91 Å². The topological polar surface area (TPSA) is 85.8 Å². The Bertz CT molecular complexity index is 750. The minimum atomic E-state index is -0.280. The van der Waals surface area contributed by atoms with E-state index in [0.717, 1.165) is 5.69 Å². The highest BCUT2D eigenvalue weighted by molar-refractivity contribution is 6.03. The Morgan fingerprint density at radius 2 is 2.14 bits per heavy atom. The summed E-state index contributed by atoms with van der Waals surface area (Å²) in [7, 11) is 0. The molecule has 3 N–H and O–H groups in total. The standard InChI is InChI=1S/C15H13N5O/c16-11-4-5-14(18-9-11)15(21)19-12-2-1-3-13(8-12)20-7-6-17-10-20/h1-10H,16H2,(H,19,21). The van der Waals surface area contributed by atoms with Crippen molar-refractivity contribution >= 4 is 17.3 Å². The predicted octanol–water partition coefficient (Wildman–Crippen LogP) is 2.10. The summed E-state index contributed by atoms with van der Waals surface area (Å²) in [5, 5.41) is 2.80. The number of rotatable bonds is 3. The lowest BCUT2D eigenvalue weighted by molar-refractivity contribution is 0.102. The van der Waals surface area contributed by atoms with Gasteiger partial charge in [-0.3, -0.25) is 4.79 Å². The van der Waals surface area contributed by atoms with Crippen molar-refractivity contribution in [3.8, 4) is 5.69 Å². The molecule has 0 radical (unpaired) electrons. The molecular formula is C15H13N5O. The highest BCUT2D eigenvalue weighted by atomic mass is 16.1. The van der Waals surface area contributed by atoms with Gasteiger partial charge in [0.05, 0.1) is 18.2 Å². The summed E-state index contributed by atoms with van der Waals surface area (Å²) in [5.74, 6) is -0.280. The Morgan fingerprint density at radius 1 is 1.24 bits per heavy atom. The van der Waals surface area contributed by atoms with Crippen LogP contribution in [0.3, 0.4) is 0 Å². The molecule has 0 aliphatic heterocycles. The molecule has 3 aromatic rings. The molecule has 0 aliphatic carbocycles. The van der Waals surface area contributed by atoms with E-state index in [1.165, 1.54) is 6.20 Å². The molecule has 0 bridgehead atoms. The Morgan fingerprint density at radius 3 is 2.86 bits per heavy atom. The normalized spacial score (nSPS) is 10.3. The van der Waals surface area contributed by atoms with Gasteiger partial charge < -0.3 is 15.6 Å². The average Bonchev–Trinajstić information content (AvgIpc) is 3.02. The lowest BCUT2D eigenvalue weighted by Crippen LogP contribution is -2.13. The molecule has 0 atom stereocenters. The maximum Gasteiger partial charge on any atom is 0.274 e. The zero-order valence-corrected chi connectivity index (χ0v) is 11.1. The van der Waals surface area contributed by atoms with Crippen LogP contribution in [0.25, 0.3) is 5.69 Å². The number of nitrogens with zero attached hydrogens (tertiary/aromatic N) is 3. The van der Waals surface area contributed by atoms with Crippen molar-refractivity contribution < 1.29 is 4.79 Å². The number of hydrogen-bond donors (Lipinski definition) is 2. The summed E-state index contributed by atoms with van der Waals surface area (Å²) in [6, 6.07) is 10.7. The number of carbonyl (C=O) groups excluding carboxylic acids is 1. The lowest BCUT2D eigenvalue weighted by Gasteiger charge is -2.07. The first-order valence-electron chi connectivity index (χ1n) is 6.34. The van der Waals surface area contributed by atoms with Gasteiger partial charge in [0.15, 0.2) is 0 Å². The molecule has 0 spiro atoms. The maximum atomic E-state index is 12.1. The number of amides is 1. The zero-order chi connectivity index (χ0) is 14.7. The smallest absolute Gasteiger partial charge is 0.274 e. The van der Waals surface area contributed by atoms with Gasteiger partial charge in [0.25, 0.3) is 5.91 Å². The number of carbonyl (C=O) groups is 1. The quantitative estimate of drug-likeness (QED) is 0.768. The zero-order valence-electron chi connectivity index (χ0n) is 11.1. The van der Waals surface area contributed by atoms with E-state index in [9.17, 15) is 4.79 Å². The van der Waals surface area contributed by atoms with Crippen LogP contribution >= 0.6 is 0 Å². The SMILES string of the molecule is Nc1ccc(C(=O)Nc2cccc(-n3ccnc3)c2)nc1. The number of anilines is 2. The van der Waals surface area contributed by atoms with Gasteiger partial charge in [0, 0.05) is 23.8 Å². The van der Waals surface area contributed by atoms with Crippen molar-refractivity contribution in [1.29, 1.82) is 0 Å². The Labute approximate surface area is 121 Å². The van der Waals surface area contributed by atoms with Crippen LogP contribution in [0, 0.1) is 0 Å². The third kappa shape index (κ3) is 2.89. The third-order valence-electron chi connectivity index (χ3n) is 2.93. The van der Waals surface area contributed by atoms with Crippen LogP contribution in [0.1, 0.15) is 10.5 Å². The summed E-state index contributed by atoms with van der Waals surface area (Å²) in [6.45, 7) is 0. The minimum absolute atomic E-state index is 0.280. The van der Waals surface area contributed by atoms with E-state index in [1.807, 2.05) is 35.0 Å². The molecule has 1 aromatic carbocycles. The number of nitrogen functional groups attached to an aromatic ring is 1. The summed E-state index contributed by atoms with van der Waals surface area (Å²) in [5.41, 5.74) is 7.99. The molecule has 6 heteroatoms. The molecular weight excluding hydrogens is 266 g/mol. The van der Waals surface area contributed by atoms with Gasteiger partial charge >= 0.3 is 0 Å². The van der Waals surface area contributed by atoms with Crippen molar-refractivity contribution in [3.63, 3.8) is 0 Å².